The molecule has 0 atom stereocenters. The summed E-state index contributed by atoms with van der Waals surface area (Å²) in [4.78, 5) is 0. The maximum absolute atomic E-state index is 5.57. The van der Waals surface area contributed by atoms with Crippen LogP contribution in [-0.4, -0.2) is 11.8 Å². The molecule has 2 rings (SSSR count). The Morgan fingerprint density at radius 2 is 2.11 bits per heavy atom. The van der Waals surface area contributed by atoms with E-state index >= 15 is 0 Å². The van der Waals surface area contributed by atoms with Gasteiger partial charge >= 0.3 is 0 Å². The molecule has 0 unspecified atom stereocenters. The Balaban J connectivity index is 1.89. The zero-order valence-corrected chi connectivity index (χ0v) is 10.8. The predicted molar refractivity (Wildman–Crippen MR) is 69.4 cm³/mol. The Labute approximate surface area is 107 Å². The fourth-order valence-electron chi connectivity index (χ4n) is 1.77. The van der Waals surface area contributed by atoms with E-state index in [4.69, 9.17) is 9.26 Å². The first-order chi connectivity index (χ1) is 8.79. The Kier molecular flexibility index (Phi) is 4.36. The summed E-state index contributed by atoms with van der Waals surface area (Å²) in [6, 6.07) is 9.98. The van der Waals surface area contributed by atoms with Crippen molar-refractivity contribution < 1.29 is 9.26 Å². The summed E-state index contributed by atoms with van der Waals surface area (Å²) in [5.74, 6) is 1.77. The summed E-state index contributed by atoms with van der Waals surface area (Å²) in [6.07, 6.45) is 0. The van der Waals surface area contributed by atoms with Gasteiger partial charge in [-0.15, -0.1) is 0 Å². The lowest BCUT2D eigenvalue weighted by Crippen LogP contribution is -2.13. The minimum atomic E-state index is 0.680. The topological polar surface area (TPSA) is 47.3 Å². The lowest BCUT2D eigenvalue weighted by molar-refractivity contribution is 0.335. The first-order valence-corrected chi connectivity index (χ1v) is 6.13. The Hall–Kier alpha value is -1.81. The van der Waals surface area contributed by atoms with Gasteiger partial charge in [0.25, 0.3) is 0 Å². The van der Waals surface area contributed by atoms with E-state index in [1.54, 1.807) is 0 Å². The molecule has 2 aromatic rings. The second kappa shape index (κ2) is 6.21. The van der Waals surface area contributed by atoms with Crippen LogP contribution in [0, 0.1) is 6.92 Å². The first-order valence-electron chi connectivity index (χ1n) is 6.13. The van der Waals surface area contributed by atoms with Crippen LogP contribution in [0.4, 0.5) is 0 Å². The first kappa shape index (κ1) is 12.6. The lowest BCUT2D eigenvalue weighted by Gasteiger charge is -2.10. The maximum atomic E-state index is 5.57. The standard InChI is InChI=1S/C14H18N2O2/c1-3-17-14-7-5-4-6-12(14)9-15-10-13-8-11(2)18-16-13/h4-8,15H,3,9-10H2,1-2H3. The summed E-state index contributed by atoms with van der Waals surface area (Å²) < 4.78 is 10.6. The smallest absolute Gasteiger partial charge is 0.133 e. The van der Waals surface area contributed by atoms with Gasteiger partial charge in [0.2, 0.25) is 0 Å². The van der Waals surface area contributed by atoms with E-state index in [1.807, 2.05) is 38.1 Å². The van der Waals surface area contributed by atoms with E-state index in [0.717, 1.165) is 29.3 Å². The van der Waals surface area contributed by atoms with Gasteiger partial charge in [0.05, 0.1) is 12.3 Å². The second-order valence-electron chi connectivity index (χ2n) is 4.07. The number of benzene rings is 1. The maximum Gasteiger partial charge on any atom is 0.133 e. The highest BCUT2D eigenvalue weighted by Crippen LogP contribution is 2.17. The average molecular weight is 246 g/mol. The summed E-state index contributed by atoms with van der Waals surface area (Å²) >= 11 is 0. The number of para-hydroxylation sites is 1. The molecule has 0 radical (unpaired) electrons. The zero-order valence-electron chi connectivity index (χ0n) is 10.8. The van der Waals surface area contributed by atoms with Crippen LogP contribution in [0.3, 0.4) is 0 Å². The number of aromatic nitrogens is 1. The van der Waals surface area contributed by atoms with Crippen LogP contribution in [-0.2, 0) is 13.1 Å². The van der Waals surface area contributed by atoms with Crippen molar-refractivity contribution in [2.75, 3.05) is 6.61 Å². The molecule has 0 saturated heterocycles. The second-order valence-corrected chi connectivity index (χ2v) is 4.07. The fraction of sp³-hybridized carbons (Fsp3) is 0.357. The highest BCUT2D eigenvalue weighted by atomic mass is 16.5. The molecule has 0 fully saturated rings. The third kappa shape index (κ3) is 3.34. The summed E-state index contributed by atoms with van der Waals surface area (Å²) in [5, 5.41) is 7.26. The van der Waals surface area contributed by atoms with E-state index in [-0.39, 0.29) is 0 Å². The van der Waals surface area contributed by atoms with Gasteiger partial charge in [-0.05, 0) is 19.9 Å². The quantitative estimate of drug-likeness (QED) is 0.851. The number of hydrogen-bond donors (Lipinski definition) is 1. The molecule has 0 saturated carbocycles. The van der Waals surface area contributed by atoms with Gasteiger partial charge in [-0.2, -0.15) is 0 Å². The predicted octanol–water partition coefficient (Wildman–Crippen LogP) is 2.67. The van der Waals surface area contributed by atoms with Crippen molar-refractivity contribution in [1.29, 1.82) is 0 Å². The van der Waals surface area contributed by atoms with Crippen LogP contribution in [0.5, 0.6) is 5.75 Å². The molecule has 1 aromatic carbocycles. The van der Waals surface area contributed by atoms with E-state index < -0.39 is 0 Å². The number of hydrogen-bond acceptors (Lipinski definition) is 4. The molecule has 96 valence electrons. The summed E-state index contributed by atoms with van der Waals surface area (Å²) in [6.45, 7) is 6.00. The minimum Gasteiger partial charge on any atom is -0.494 e. The van der Waals surface area contributed by atoms with Gasteiger partial charge in [0.1, 0.15) is 11.5 Å². The average Bonchev–Trinajstić information content (AvgIpc) is 2.78. The van der Waals surface area contributed by atoms with Crippen molar-refractivity contribution in [3.8, 4) is 5.75 Å². The monoisotopic (exact) mass is 246 g/mol. The van der Waals surface area contributed by atoms with E-state index in [9.17, 15) is 0 Å². The summed E-state index contributed by atoms with van der Waals surface area (Å²) in [5.41, 5.74) is 2.07. The molecule has 0 aliphatic rings. The molecule has 1 heterocycles. The molecule has 0 amide bonds. The van der Waals surface area contributed by atoms with E-state index in [2.05, 4.69) is 16.5 Å². The van der Waals surface area contributed by atoms with Crippen molar-refractivity contribution in [2.24, 2.45) is 0 Å². The van der Waals surface area contributed by atoms with Crippen LogP contribution >= 0.6 is 0 Å². The number of aryl methyl sites for hydroxylation is 1. The summed E-state index contributed by atoms with van der Waals surface area (Å²) in [7, 11) is 0. The highest BCUT2D eigenvalue weighted by molar-refractivity contribution is 5.33. The molecule has 0 spiro atoms. The highest BCUT2D eigenvalue weighted by Gasteiger charge is 2.03. The van der Waals surface area contributed by atoms with Gasteiger partial charge in [-0.3, -0.25) is 0 Å². The Morgan fingerprint density at radius 3 is 2.83 bits per heavy atom. The molecule has 4 heteroatoms. The van der Waals surface area contributed by atoms with E-state index in [1.165, 1.54) is 0 Å². The van der Waals surface area contributed by atoms with Gasteiger partial charge in [0.15, 0.2) is 0 Å². The van der Waals surface area contributed by atoms with Crippen molar-refractivity contribution >= 4 is 0 Å². The third-order valence-corrected chi connectivity index (χ3v) is 2.57. The number of rotatable bonds is 6. The molecule has 4 nitrogen and oxygen atoms in total. The molecule has 18 heavy (non-hydrogen) atoms. The van der Waals surface area contributed by atoms with Crippen LogP contribution in [0.2, 0.25) is 0 Å². The van der Waals surface area contributed by atoms with Gasteiger partial charge in [0, 0.05) is 24.7 Å². The van der Waals surface area contributed by atoms with Gasteiger partial charge in [-0.1, -0.05) is 23.4 Å². The third-order valence-electron chi connectivity index (χ3n) is 2.57. The van der Waals surface area contributed by atoms with Crippen LogP contribution in [0.1, 0.15) is 23.9 Å². The molecular weight excluding hydrogens is 228 g/mol. The number of ether oxygens (including phenoxy) is 1. The number of nitrogens with one attached hydrogen (secondary N) is 1. The van der Waals surface area contributed by atoms with Crippen molar-refractivity contribution in [3.63, 3.8) is 0 Å². The van der Waals surface area contributed by atoms with Crippen LogP contribution in [0.25, 0.3) is 0 Å². The van der Waals surface area contributed by atoms with Gasteiger partial charge in [-0.25, -0.2) is 0 Å². The van der Waals surface area contributed by atoms with Crippen LogP contribution < -0.4 is 10.1 Å². The molecule has 0 aliphatic heterocycles. The lowest BCUT2D eigenvalue weighted by atomic mass is 10.2. The zero-order chi connectivity index (χ0) is 12.8. The Bertz CT molecular complexity index is 494. The number of nitrogens with zero attached hydrogens (tertiary/aromatic N) is 1. The molecule has 0 aliphatic carbocycles. The molecule has 1 N–H and O–H groups in total. The van der Waals surface area contributed by atoms with Crippen molar-refractivity contribution in [2.45, 2.75) is 26.9 Å². The van der Waals surface area contributed by atoms with Crippen molar-refractivity contribution in [1.82, 2.24) is 10.5 Å². The molecule has 1 aromatic heterocycles. The molecule has 0 bridgehead atoms. The van der Waals surface area contributed by atoms with Gasteiger partial charge < -0.3 is 14.6 Å². The van der Waals surface area contributed by atoms with Crippen molar-refractivity contribution in [3.05, 3.63) is 47.3 Å². The fourth-order valence-corrected chi connectivity index (χ4v) is 1.77. The SMILES string of the molecule is CCOc1ccccc1CNCc1cc(C)on1. The van der Waals surface area contributed by atoms with E-state index in [0.29, 0.717) is 13.2 Å². The Morgan fingerprint density at radius 1 is 1.28 bits per heavy atom. The molecular formula is C14H18N2O2. The normalized spacial score (nSPS) is 10.6. The van der Waals surface area contributed by atoms with Crippen LogP contribution in [0.15, 0.2) is 34.9 Å². The largest absolute Gasteiger partial charge is 0.494 e. The minimum absolute atomic E-state index is 0.680.